The minimum Gasteiger partial charge on any atom is -0.251 e. The summed E-state index contributed by atoms with van der Waals surface area (Å²) in [6, 6.07) is 0. The molecule has 0 heterocycles. The summed E-state index contributed by atoms with van der Waals surface area (Å²) in [5.41, 5.74) is 2.55. The van der Waals surface area contributed by atoms with Gasteiger partial charge in [0.05, 0.1) is 0 Å². The van der Waals surface area contributed by atoms with E-state index in [4.69, 9.17) is 5.26 Å². The van der Waals surface area contributed by atoms with Gasteiger partial charge in [-0.25, -0.2) is 4.89 Å². The number of hydrogen-bond acceptors (Lipinski definition) is 2. The highest BCUT2D eigenvalue weighted by molar-refractivity contribution is 5.27. The van der Waals surface area contributed by atoms with Gasteiger partial charge < -0.3 is 0 Å². The van der Waals surface area contributed by atoms with Crippen LogP contribution in [0.4, 0.5) is 0 Å². The Labute approximate surface area is 78.8 Å². The molecule has 0 saturated heterocycles. The molecule has 2 nitrogen and oxygen atoms in total. The van der Waals surface area contributed by atoms with E-state index in [0.717, 1.165) is 25.7 Å². The molecular formula is C11H16O2. The summed E-state index contributed by atoms with van der Waals surface area (Å²) in [6.07, 6.45) is 11.2. The van der Waals surface area contributed by atoms with E-state index in [1.807, 2.05) is 0 Å². The Morgan fingerprint density at radius 3 is 1.92 bits per heavy atom. The lowest BCUT2D eigenvalue weighted by Crippen LogP contribution is -2.15. The summed E-state index contributed by atoms with van der Waals surface area (Å²) in [7, 11) is 0. The van der Waals surface area contributed by atoms with Crippen molar-refractivity contribution in [1.29, 1.82) is 0 Å². The van der Waals surface area contributed by atoms with Gasteiger partial charge in [0.15, 0.2) is 0 Å². The van der Waals surface area contributed by atoms with Crippen LogP contribution in [0.3, 0.4) is 0 Å². The van der Waals surface area contributed by atoms with Gasteiger partial charge in [0.25, 0.3) is 0 Å². The summed E-state index contributed by atoms with van der Waals surface area (Å²) in [4.78, 5) is 4.58. The van der Waals surface area contributed by atoms with Crippen molar-refractivity contribution in [3.8, 4) is 0 Å². The van der Waals surface area contributed by atoms with Gasteiger partial charge in [-0.15, -0.1) is 0 Å². The van der Waals surface area contributed by atoms with E-state index < -0.39 is 0 Å². The molecule has 0 saturated carbocycles. The van der Waals surface area contributed by atoms with Crippen molar-refractivity contribution < 1.29 is 10.1 Å². The fourth-order valence-electron chi connectivity index (χ4n) is 2.24. The van der Waals surface area contributed by atoms with Gasteiger partial charge in [0.1, 0.15) is 6.10 Å². The summed E-state index contributed by atoms with van der Waals surface area (Å²) >= 11 is 0. The van der Waals surface area contributed by atoms with Crippen LogP contribution in [0.25, 0.3) is 0 Å². The second kappa shape index (κ2) is 4.07. The summed E-state index contributed by atoms with van der Waals surface area (Å²) in [5, 5.41) is 8.87. The summed E-state index contributed by atoms with van der Waals surface area (Å²) in [6.45, 7) is 0. The minimum absolute atomic E-state index is 0.120. The van der Waals surface area contributed by atoms with Crippen LogP contribution in [0, 0.1) is 0 Å². The molecule has 0 aromatic heterocycles. The van der Waals surface area contributed by atoms with Crippen LogP contribution in [0.2, 0.25) is 0 Å². The van der Waals surface area contributed by atoms with Gasteiger partial charge in [-0.3, -0.25) is 5.26 Å². The molecule has 72 valence electrons. The lowest BCUT2D eigenvalue weighted by atomic mass is 10.0. The monoisotopic (exact) mass is 180 g/mol. The maximum Gasteiger partial charge on any atom is 0.135 e. The quantitative estimate of drug-likeness (QED) is 0.411. The Kier molecular flexibility index (Phi) is 2.81. The van der Waals surface area contributed by atoms with Crippen LogP contribution in [-0.4, -0.2) is 11.4 Å². The van der Waals surface area contributed by atoms with Crippen molar-refractivity contribution in [3.63, 3.8) is 0 Å². The maximum atomic E-state index is 8.87. The lowest BCUT2D eigenvalue weighted by Gasteiger charge is -2.15. The fraction of sp³-hybridized carbons (Fsp3) is 0.636. The van der Waals surface area contributed by atoms with E-state index in [1.165, 1.54) is 24.0 Å². The highest BCUT2D eigenvalue weighted by Gasteiger charge is 2.23. The van der Waals surface area contributed by atoms with Crippen LogP contribution in [0.15, 0.2) is 23.3 Å². The highest BCUT2D eigenvalue weighted by atomic mass is 17.1. The molecule has 0 aromatic carbocycles. The molecule has 0 fully saturated rings. The average molecular weight is 180 g/mol. The first-order valence-corrected chi connectivity index (χ1v) is 5.10. The molecule has 2 aliphatic carbocycles. The topological polar surface area (TPSA) is 29.5 Å². The van der Waals surface area contributed by atoms with Gasteiger partial charge >= 0.3 is 0 Å². The fourth-order valence-corrected chi connectivity index (χ4v) is 2.24. The van der Waals surface area contributed by atoms with Crippen LogP contribution in [0.1, 0.15) is 38.5 Å². The molecule has 0 bridgehead atoms. The molecular weight excluding hydrogens is 164 g/mol. The van der Waals surface area contributed by atoms with E-state index >= 15 is 0 Å². The maximum absolute atomic E-state index is 8.87. The van der Waals surface area contributed by atoms with Crippen molar-refractivity contribution >= 4 is 0 Å². The highest BCUT2D eigenvalue weighted by Crippen LogP contribution is 2.31. The van der Waals surface area contributed by atoms with Crippen LogP contribution >= 0.6 is 0 Å². The second-order valence-corrected chi connectivity index (χ2v) is 3.83. The molecule has 0 aromatic rings. The van der Waals surface area contributed by atoms with Crippen LogP contribution < -0.4 is 0 Å². The Morgan fingerprint density at radius 2 is 1.62 bits per heavy atom. The molecule has 0 amide bonds. The normalized spacial score (nSPS) is 22.3. The predicted molar refractivity (Wildman–Crippen MR) is 51.4 cm³/mol. The third-order valence-electron chi connectivity index (χ3n) is 2.93. The molecule has 2 aliphatic rings. The van der Waals surface area contributed by atoms with E-state index in [9.17, 15) is 0 Å². The first-order valence-electron chi connectivity index (χ1n) is 5.10. The number of allylic oxidation sites excluding steroid dienone is 2. The van der Waals surface area contributed by atoms with Crippen LogP contribution in [0.5, 0.6) is 0 Å². The van der Waals surface area contributed by atoms with Crippen molar-refractivity contribution in [2.75, 3.05) is 0 Å². The molecule has 0 aliphatic heterocycles. The zero-order valence-corrected chi connectivity index (χ0v) is 7.83. The molecule has 0 spiro atoms. The lowest BCUT2D eigenvalue weighted by molar-refractivity contribution is -0.259. The van der Waals surface area contributed by atoms with Gasteiger partial charge in [-0.2, -0.15) is 0 Å². The first-order chi connectivity index (χ1) is 6.42. The summed E-state index contributed by atoms with van der Waals surface area (Å²) < 4.78 is 0. The largest absolute Gasteiger partial charge is 0.251 e. The SMILES string of the molecule is OOC(C1=CCCC1)C1=CCCC1. The molecule has 0 atom stereocenters. The first kappa shape index (κ1) is 8.97. The van der Waals surface area contributed by atoms with E-state index in [2.05, 4.69) is 17.0 Å². The molecule has 1 N–H and O–H groups in total. The van der Waals surface area contributed by atoms with E-state index in [-0.39, 0.29) is 6.10 Å². The van der Waals surface area contributed by atoms with E-state index in [0.29, 0.717) is 0 Å². The van der Waals surface area contributed by atoms with Gasteiger partial charge in [-0.05, 0) is 49.7 Å². The molecule has 2 rings (SSSR count). The number of hydrogen-bond donors (Lipinski definition) is 1. The molecule has 13 heavy (non-hydrogen) atoms. The third-order valence-corrected chi connectivity index (χ3v) is 2.93. The second-order valence-electron chi connectivity index (χ2n) is 3.83. The van der Waals surface area contributed by atoms with Crippen LogP contribution in [-0.2, 0) is 4.89 Å². The number of rotatable bonds is 3. The summed E-state index contributed by atoms with van der Waals surface area (Å²) in [5.74, 6) is 0. The molecule has 0 unspecified atom stereocenters. The Bertz CT molecular complexity index is 216. The average Bonchev–Trinajstić information content (AvgIpc) is 2.76. The van der Waals surface area contributed by atoms with Crippen molar-refractivity contribution in [3.05, 3.63) is 23.3 Å². The van der Waals surface area contributed by atoms with Crippen molar-refractivity contribution in [1.82, 2.24) is 0 Å². The van der Waals surface area contributed by atoms with E-state index in [1.54, 1.807) is 0 Å². The molecule has 2 heteroatoms. The van der Waals surface area contributed by atoms with Crippen molar-refractivity contribution in [2.24, 2.45) is 0 Å². The van der Waals surface area contributed by atoms with Crippen molar-refractivity contribution in [2.45, 2.75) is 44.6 Å². The predicted octanol–water partition coefficient (Wildman–Crippen LogP) is 3.07. The Balaban J connectivity index is 2.07. The smallest absolute Gasteiger partial charge is 0.135 e. The Morgan fingerprint density at radius 1 is 1.08 bits per heavy atom. The van der Waals surface area contributed by atoms with Gasteiger partial charge in [-0.1, -0.05) is 12.2 Å². The standard InChI is InChI=1S/C11H16O2/c12-13-11(9-5-1-2-6-9)10-7-3-4-8-10/h5,7,11-12H,1-4,6,8H2. The zero-order valence-electron chi connectivity index (χ0n) is 7.83. The third kappa shape index (κ3) is 1.84. The van der Waals surface area contributed by atoms with Gasteiger partial charge in [0.2, 0.25) is 0 Å². The zero-order chi connectivity index (χ0) is 9.10. The van der Waals surface area contributed by atoms with Gasteiger partial charge in [0, 0.05) is 0 Å². The molecule has 0 radical (unpaired) electrons. The minimum atomic E-state index is -0.120. The Hall–Kier alpha value is -0.600.